The average Bonchev–Trinajstić information content (AvgIpc) is 2.84. The number of H-pyrrole nitrogens is 1. The molecule has 1 aliphatic rings. The number of hydrogen-bond donors (Lipinski definition) is 2. The zero-order chi connectivity index (χ0) is 11.5. The maximum absolute atomic E-state index is 11.7. The Morgan fingerprint density at radius 1 is 1.62 bits per heavy atom. The molecule has 1 aliphatic heterocycles. The number of hydrogen-bond acceptors (Lipinski definition) is 2. The van der Waals surface area contributed by atoms with Crippen LogP contribution in [0.4, 0.5) is 0 Å². The minimum absolute atomic E-state index is 0.00996. The molecule has 88 valence electrons. The van der Waals surface area contributed by atoms with Crippen LogP contribution in [-0.2, 0) is 16.1 Å². The fourth-order valence-corrected chi connectivity index (χ4v) is 2.05. The number of rotatable bonds is 3. The first kappa shape index (κ1) is 11.2. The molecular weight excluding hydrogens is 204 g/mol. The number of aromatic amines is 1. The standard InChI is InChI=1S/C12H18N2O2/c1-8-6-10(9(2)14-8)7-13-12(15)11-4-3-5-16-11/h6,11,14H,3-5,7H2,1-2H3,(H,13,15). The van der Waals surface area contributed by atoms with Crippen LogP contribution in [0.15, 0.2) is 6.07 Å². The number of amides is 1. The SMILES string of the molecule is Cc1cc(CNC(=O)C2CCCO2)c(C)[nH]1. The first-order valence-electron chi connectivity index (χ1n) is 5.71. The molecule has 2 heterocycles. The Labute approximate surface area is 95.4 Å². The van der Waals surface area contributed by atoms with Crippen LogP contribution < -0.4 is 5.32 Å². The molecule has 1 aromatic rings. The van der Waals surface area contributed by atoms with Crippen molar-refractivity contribution in [1.82, 2.24) is 10.3 Å². The fraction of sp³-hybridized carbons (Fsp3) is 0.583. The van der Waals surface area contributed by atoms with Crippen molar-refractivity contribution in [2.24, 2.45) is 0 Å². The van der Waals surface area contributed by atoms with Crippen LogP contribution >= 0.6 is 0 Å². The molecule has 0 bridgehead atoms. The van der Waals surface area contributed by atoms with E-state index in [4.69, 9.17) is 4.74 Å². The van der Waals surface area contributed by atoms with E-state index in [0.717, 1.165) is 29.8 Å². The predicted octanol–water partition coefficient (Wildman–Crippen LogP) is 1.43. The Bertz CT molecular complexity index is 378. The Kier molecular flexibility index (Phi) is 3.29. The maximum atomic E-state index is 11.7. The smallest absolute Gasteiger partial charge is 0.249 e. The normalized spacial score (nSPS) is 20.0. The summed E-state index contributed by atoms with van der Waals surface area (Å²) in [6.45, 7) is 5.31. The number of carbonyl (C=O) groups is 1. The minimum atomic E-state index is -0.236. The van der Waals surface area contributed by atoms with Crippen molar-refractivity contribution in [2.75, 3.05) is 6.61 Å². The lowest BCUT2D eigenvalue weighted by Crippen LogP contribution is -2.33. The number of aryl methyl sites for hydroxylation is 2. The number of aromatic nitrogens is 1. The molecule has 1 atom stereocenters. The highest BCUT2D eigenvalue weighted by Crippen LogP contribution is 2.13. The molecule has 1 aromatic heterocycles. The van der Waals surface area contributed by atoms with Gasteiger partial charge < -0.3 is 15.0 Å². The summed E-state index contributed by atoms with van der Waals surface area (Å²) in [4.78, 5) is 14.9. The van der Waals surface area contributed by atoms with E-state index >= 15 is 0 Å². The minimum Gasteiger partial charge on any atom is -0.368 e. The Morgan fingerprint density at radius 2 is 2.44 bits per heavy atom. The van der Waals surface area contributed by atoms with Gasteiger partial charge in [-0.2, -0.15) is 0 Å². The molecule has 2 N–H and O–H groups in total. The summed E-state index contributed by atoms with van der Waals surface area (Å²) in [6, 6.07) is 2.06. The van der Waals surface area contributed by atoms with Crippen molar-refractivity contribution in [2.45, 2.75) is 39.3 Å². The van der Waals surface area contributed by atoms with Crippen LogP contribution in [0, 0.1) is 13.8 Å². The predicted molar refractivity (Wildman–Crippen MR) is 61.1 cm³/mol. The summed E-state index contributed by atoms with van der Waals surface area (Å²) in [5.41, 5.74) is 3.38. The van der Waals surface area contributed by atoms with Crippen LogP contribution in [0.2, 0.25) is 0 Å². The van der Waals surface area contributed by atoms with Gasteiger partial charge >= 0.3 is 0 Å². The van der Waals surface area contributed by atoms with Crippen molar-refractivity contribution in [3.8, 4) is 0 Å². The first-order valence-corrected chi connectivity index (χ1v) is 5.71. The van der Waals surface area contributed by atoms with Gasteiger partial charge in [0.15, 0.2) is 0 Å². The largest absolute Gasteiger partial charge is 0.368 e. The molecular formula is C12H18N2O2. The second kappa shape index (κ2) is 4.70. The van der Waals surface area contributed by atoms with E-state index in [1.54, 1.807) is 0 Å². The van der Waals surface area contributed by atoms with Gasteiger partial charge in [-0.15, -0.1) is 0 Å². The van der Waals surface area contributed by atoms with Gasteiger partial charge in [-0.25, -0.2) is 0 Å². The highest BCUT2D eigenvalue weighted by atomic mass is 16.5. The van der Waals surface area contributed by atoms with Gasteiger partial charge in [-0.1, -0.05) is 0 Å². The molecule has 4 heteroatoms. The highest BCUT2D eigenvalue weighted by molar-refractivity contribution is 5.80. The monoisotopic (exact) mass is 222 g/mol. The molecule has 4 nitrogen and oxygen atoms in total. The van der Waals surface area contributed by atoms with Crippen LogP contribution in [0.5, 0.6) is 0 Å². The van der Waals surface area contributed by atoms with E-state index in [9.17, 15) is 4.79 Å². The molecule has 1 amide bonds. The van der Waals surface area contributed by atoms with Crippen molar-refractivity contribution in [1.29, 1.82) is 0 Å². The van der Waals surface area contributed by atoms with Crippen molar-refractivity contribution < 1.29 is 9.53 Å². The second-order valence-electron chi connectivity index (χ2n) is 4.32. The number of nitrogens with one attached hydrogen (secondary N) is 2. The summed E-state index contributed by atoms with van der Waals surface area (Å²) in [5, 5.41) is 2.91. The summed E-state index contributed by atoms with van der Waals surface area (Å²) in [7, 11) is 0. The molecule has 0 aromatic carbocycles. The van der Waals surface area contributed by atoms with E-state index in [-0.39, 0.29) is 12.0 Å². The van der Waals surface area contributed by atoms with Gasteiger partial charge in [0.05, 0.1) is 0 Å². The van der Waals surface area contributed by atoms with Crippen molar-refractivity contribution in [3.63, 3.8) is 0 Å². The molecule has 0 radical (unpaired) electrons. The van der Waals surface area contributed by atoms with Gasteiger partial charge in [-0.3, -0.25) is 4.79 Å². The van der Waals surface area contributed by atoms with E-state index in [2.05, 4.69) is 16.4 Å². The second-order valence-corrected chi connectivity index (χ2v) is 4.32. The third kappa shape index (κ3) is 2.44. The van der Waals surface area contributed by atoms with E-state index in [1.165, 1.54) is 0 Å². The zero-order valence-corrected chi connectivity index (χ0v) is 9.80. The van der Waals surface area contributed by atoms with Crippen LogP contribution in [0.1, 0.15) is 29.8 Å². The number of carbonyl (C=O) groups excluding carboxylic acids is 1. The topological polar surface area (TPSA) is 54.1 Å². The van der Waals surface area contributed by atoms with Crippen LogP contribution in [0.25, 0.3) is 0 Å². The van der Waals surface area contributed by atoms with Crippen molar-refractivity contribution in [3.05, 3.63) is 23.0 Å². The first-order chi connectivity index (χ1) is 7.66. The molecule has 16 heavy (non-hydrogen) atoms. The lowest BCUT2D eigenvalue weighted by atomic mass is 10.2. The highest BCUT2D eigenvalue weighted by Gasteiger charge is 2.23. The number of ether oxygens (including phenoxy) is 1. The Morgan fingerprint density at radius 3 is 3.00 bits per heavy atom. The van der Waals surface area contributed by atoms with Gasteiger partial charge in [0, 0.05) is 24.5 Å². The molecule has 0 aliphatic carbocycles. The van der Waals surface area contributed by atoms with Crippen molar-refractivity contribution >= 4 is 5.91 Å². The Hall–Kier alpha value is -1.29. The average molecular weight is 222 g/mol. The van der Waals surface area contributed by atoms with Gasteiger partial charge in [0.2, 0.25) is 5.91 Å². The third-order valence-corrected chi connectivity index (χ3v) is 2.93. The molecule has 1 saturated heterocycles. The Balaban J connectivity index is 1.87. The van der Waals surface area contributed by atoms with Gasteiger partial charge in [-0.05, 0) is 38.3 Å². The molecule has 0 saturated carbocycles. The van der Waals surface area contributed by atoms with E-state index in [1.807, 2.05) is 13.8 Å². The molecule has 1 fully saturated rings. The van der Waals surface area contributed by atoms with E-state index < -0.39 is 0 Å². The van der Waals surface area contributed by atoms with Crippen LogP contribution in [0.3, 0.4) is 0 Å². The zero-order valence-electron chi connectivity index (χ0n) is 9.80. The van der Waals surface area contributed by atoms with Gasteiger partial charge in [0.1, 0.15) is 6.10 Å². The quantitative estimate of drug-likeness (QED) is 0.812. The van der Waals surface area contributed by atoms with E-state index in [0.29, 0.717) is 13.2 Å². The fourth-order valence-electron chi connectivity index (χ4n) is 2.05. The summed E-state index contributed by atoms with van der Waals surface area (Å²) in [5.74, 6) is 0.00996. The lowest BCUT2D eigenvalue weighted by molar-refractivity contribution is -0.130. The summed E-state index contributed by atoms with van der Waals surface area (Å²) in [6.07, 6.45) is 1.59. The third-order valence-electron chi connectivity index (χ3n) is 2.93. The molecule has 1 unspecified atom stereocenters. The van der Waals surface area contributed by atoms with Gasteiger partial charge in [0.25, 0.3) is 0 Å². The maximum Gasteiger partial charge on any atom is 0.249 e. The molecule has 2 rings (SSSR count). The van der Waals surface area contributed by atoms with Crippen LogP contribution in [-0.4, -0.2) is 23.6 Å². The lowest BCUT2D eigenvalue weighted by Gasteiger charge is -2.09. The molecule has 0 spiro atoms. The summed E-state index contributed by atoms with van der Waals surface area (Å²) < 4.78 is 5.32. The summed E-state index contributed by atoms with van der Waals surface area (Å²) >= 11 is 0.